The minimum absolute atomic E-state index is 0.174. The van der Waals surface area contributed by atoms with Gasteiger partial charge in [0.25, 0.3) is 11.3 Å². The van der Waals surface area contributed by atoms with Crippen molar-refractivity contribution in [2.45, 2.75) is 101 Å². The van der Waals surface area contributed by atoms with Crippen molar-refractivity contribution in [1.82, 2.24) is 0 Å². The first-order valence-corrected chi connectivity index (χ1v) is 11.6. The highest BCUT2D eigenvalue weighted by Crippen LogP contribution is 2.40. The molecule has 0 aromatic rings. The van der Waals surface area contributed by atoms with Gasteiger partial charge in [0.15, 0.2) is 0 Å². The lowest BCUT2D eigenvalue weighted by molar-refractivity contribution is -0.355. The summed E-state index contributed by atoms with van der Waals surface area (Å²) < 4.78 is 0. The summed E-state index contributed by atoms with van der Waals surface area (Å²) in [5, 5.41) is 58.8. The zero-order chi connectivity index (χ0) is 27.9. The molecular weight excluding hydrogens is 480 g/mol. The molecule has 0 aliphatic carbocycles. The quantitative estimate of drug-likeness (QED) is 0.0590. The second kappa shape index (κ2) is 15.4. The van der Waals surface area contributed by atoms with Gasteiger partial charge in [-0.05, 0) is 25.7 Å². The number of nitrogens with zero attached hydrogens (tertiary/aromatic N) is 4. The third-order valence-electron chi connectivity index (χ3n) is 6.12. The zero-order valence-electron chi connectivity index (χ0n) is 20.3. The van der Waals surface area contributed by atoms with Gasteiger partial charge in [-0.15, -0.1) is 0 Å². The molecule has 202 valence electrons. The smallest absolute Gasteiger partial charge is 0.325 e. The molecule has 0 amide bonds. The SMILES string of the molecule is CCCC(CCCCCCC(CCC)C(N=C=O)(N=C=O)C(O)(O)O)C(N=C=O)(N=C=O)C(O)(O)O. The fraction of sp³-hybridized carbons (Fsp3) is 0.818. The molecule has 0 aromatic heterocycles. The number of isocyanates is 4. The van der Waals surface area contributed by atoms with Crippen LogP contribution in [-0.2, 0) is 19.2 Å². The molecule has 6 N–H and O–H groups in total. The van der Waals surface area contributed by atoms with Gasteiger partial charge >= 0.3 is 11.9 Å². The lowest BCUT2D eigenvalue weighted by Crippen LogP contribution is -2.56. The van der Waals surface area contributed by atoms with Crippen LogP contribution in [0.3, 0.4) is 0 Å². The molecule has 36 heavy (non-hydrogen) atoms. The summed E-state index contributed by atoms with van der Waals surface area (Å²) >= 11 is 0. The van der Waals surface area contributed by atoms with Crippen LogP contribution in [0.25, 0.3) is 0 Å². The normalized spacial score (nSPS) is 16.6. The summed E-state index contributed by atoms with van der Waals surface area (Å²) in [5.41, 5.74) is -5.19. The average molecular weight is 515 g/mol. The van der Waals surface area contributed by atoms with E-state index in [0.717, 1.165) is 24.3 Å². The van der Waals surface area contributed by atoms with Crippen LogP contribution in [0.15, 0.2) is 20.0 Å². The first-order valence-electron chi connectivity index (χ1n) is 11.6. The molecule has 0 bridgehead atoms. The molecule has 0 aliphatic rings. The van der Waals surface area contributed by atoms with Crippen LogP contribution in [-0.4, -0.2) is 78.2 Å². The maximum atomic E-state index is 10.9. The number of hydrogen-bond donors (Lipinski definition) is 6. The van der Waals surface area contributed by atoms with E-state index < -0.39 is 35.1 Å². The second-order valence-electron chi connectivity index (χ2n) is 8.50. The van der Waals surface area contributed by atoms with E-state index in [4.69, 9.17) is 0 Å². The summed E-state index contributed by atoms with van der Waals surface area (Å²) in [7, 11) is 0. The van der Waals surface area contributed by atoms with Gasteiger partial charge < -0.3 is 30.6 Å². The molecule has 0 rings (SSSR count). The van der Waals surface area contributed by atoms with Crippen LogP contribution >= 0.6 is 0 Å². The summed E-state index contributed by atoms with van der Waals surface area (Å²) in [6, 6.07) is 0. The molecule has 0 aromatic carbocycles. The van der Waals surface area contributed by atoms with E-state index in [9.17, 15) is 49.8 Å². The summed E-state index contributed by atoms with van der Waals surface area (Å²) in [5.74, 6) is -9.06. The molecule has 0 aliphatic heterocycles. The molecule has 2 atom stereocenters. The van der Waals surface area contributed by atoms with Crippen molar-refractivity contribution in [3.8, 4) is 0 Å². The van der Waals surface area contributed by atoms with Crippen LogP contribution in [0.1, 0.15) is 78.1 Å². The average Bonchev–Trinajstić information content (AvgIpc) is 2.77. The fourth-order valence-electron chi connectivity index (χ4n) is 4.47. The molecule has 0 radical (unpaired) electrons. The van der Waals surface area contributed by atoms with Crippen LogP contribution in [0.2, 0.25) is 0 Å². The lowest BCUT2D eigenvalue weighted by atomic mass is 9.81. The third-order valence-corrected chi connectivity index (χ3v) is 6.12. The molecule has 0 saturated carbocycles. The van der Waals surface area contributed by atoms with E-state index in [2.05, 4.69) is 20.0 Å². The van der Waals surface area contributed by atoms with Crippen molar-refractivity contribution >= 4 is 24.3 Å². The first-order chi connectivity index (χ1) is 16.9. The predicted octanol–water partition coefficient (Wildman–Crippen LogP) is 0.157. The predicted molar refractivity (Wildman–Crippen MR) is 121 cm³/mol. The zero-order valence-corrected chi connectivity index (χ0v) is 20.3. The van der Waals surface area contributed by atoms with Crippen molar-refractivity contribution < 1.29 is 49.8 Å². The Hall–Kier alpha value is -2.72. The van der Waals surface area contributed by atoms with E-state index in [0.29, 0.717) is 38.5 Å². The van der Waals surface area contributed by atoms with Crippen LogP contribution < -0.4 is 0 Å². The Kier molecular flexibility index (Phi) is 14.2. The van der Waals surface area contributed by atoms with Crippen molar-refractivity contribution in [2.75, 3.05) is 0 Å². The summed E-state index contributed by atoms with van der Waals surface area (Å²) in [6.45, 7) is 3.52. The number of aliphatic hydroxyl groups is 6. The largest absolute Gasteiger partial charge is 0.340 e. The summed E-state index contributed by atoms with van der Waals surface area (Å²) in [6.07, 6.45) is 8.05. The van der Waals surface area contributed by atoms with Crippen molar-refractivity contribution in [1.29, 1.82) is 0 Å². The number of hydrogen-bond acceptors (Lipinski definition) is 14. The minimum atomic E-state index is -3.61. The fourth-order valence-corrected chi connectivity index (χ4v) is 4.47. The van der Waals surface area contributed by atoms with E-state index in [-0.39, 0.29) is 25.7 Å². The van der Waals surface area contributed by atoms with Crippen LogP contribution in [0, 0.1) is 11.8 Å². The summed E-state index contributed by atoms with van der Waals surface area (Å²) in [4.78, 5) is 56.5. The molecule has 14 nitrogen and oxygen atoms in total. The molecule has 14 heteroatoms. The Labute approximate surface area is 207 Å². The van der Waals surface area contributed by atoms with E-state index in [1.165, 1.54) is 0 Å². The number of carbonyl (C=O) groups excluding carboxylic acids is 4. The highest BCUT2D eigenvalue weighted by atomic mass is 16.7. The lowest BCUT2D eigenvalue weighted by Gasteiger charge is -2.37. The van der Waals surface area contributed by atoms with Crippen molar-refractivity contribution in [3.05, 3.63) is 0 Å². The minimum Gasteiger partial charge on any atom is -0.340 e. The molecule has 2 unspecified atom stereocenters. The number of rotatable bonds is 19. The van der Waals surface area contributed by atoms with Gasteiger partial charge in [-0.1, -0.05) is 52.4 Å². The third kappa shape index (κ3) is 8.44. The Morgan fingerprint density at radius 2 is 0.806 bits per heavy atom. The van der Waals surface area contributed by atoms with Gasteiger partial charge in [-0.2, -0.15) is 20.0 Å². The van der Waals surface area contributed by atoms with E-state index in [1.807, 2.05) is 0 Å². The van der Waals surface area contributed by atoms with Gasteiger partial charge in [0, 0.05) is 11.8 Å². The molecular formula is C22H34N4O10. The van der Waals surface area contributed by atoms with Crippen molar-refractivity contribution in [2.24, 2.45) is 31.8 Å². The Balaban J connectivity index is 5.48. The Morgan fingerprint density at radius 1 is 0.528 bits per heavy atom. The highest BCUT2D eigenvalue weighted by molar-refractivity contribution is 5.41. The van der Waals surface area contributed by atoms with Gasteiger partial charge in [0.05, 0.1) is 0 Å². The Morgan fingerprint density at radius 3 is 1.00 bits per heavy atom. The topological polar surface area (TPSA) is 239 Å². The number of unbranched alkanes of at least 4 members (excludes halogenated alkanes) is 3. The molecule has 0 fully saturated rings. The van der Waals surface area contributed by atoms with E-state index >= 15 is 0 Å². The first kappa shape index (κ1) is 33.3. The van der Waals surface area contributed by atoms with Gasteiger partial charge in [0.2, 0.25) is 24.3 Å². The molecule has 0 heterocycles. The van der Waals surface area contributed by atoms with Crippen molar-refractivity contribution in [3.63, 3.8) is 0 Å². The standard InChI is InChI=1S/C22H34N4O10/c1-3-9-17(19(23-13-27,24-14-28)21(31,32)33)11-7-5-6-8-12-18(10-4-2)20(25-15-29,26-16-30)22(34,35)36/h17-18,31-36H,3-12H2,1-2H3. The van der Waals surface area contributed by atoms with Gasteiger partial charge in [-0.25, -0.2) is 19.2 Å². The van der Waals surface area contributed by atoms with Crippen LogP contribution in [0.5, 0.6) is 0 Å². The maximum Gasteiger partial charge on any atom is 0.325 e. The monoisotopic (exact) mass is 514 g/mol. The Bertz CT molecular complexity index is 764. The van der Waals surface area contributed by atoms with Gasteiger partial charge in [0.1, 0.15) is 0 Å². The van der Waals surface area contributed by atoms with Crippen LogP contribution in [0.4, 0.5) is 0 Å². The highest BCUT2D eigenvalue weighted by Gasteiger charge is 2.56. The second-order valence-corrected chi connectivity index (χ2v) is 8.50. The maximum absolute atomic E-state index is 10.9. The molecule has 0 spiro atoms. The molecule has 0 saturated heterocycles. The van der Waals surface area contributed by atoms with E-state index in [1.54, 1.807) is 13.8 Å². The number of aliphatic imine (C=N–C) groups is 4. The van der Waals surface area contributed by atoms with Gasteiger partial charge in [-0.3, -0.25) is 0 Å².